The molecule has 45 heavy (non-hydrogen) atoms. The largest absolute Gasteiger partial charge is 0.496 e. The minimum absolute atomic E-state index is 0.0717. The maximum Gasteiger partial charge on any atom is 0.261 e. The zero-order valence-corrected chi connectivity index (χ0v) is 28.7. The topological polar surface area (TPSA) is 74.1 Å². The van der Waals surface area contributed by atoms with E-state index in [1.54, 1.807) is 19.6 Å². The molecule has 5 aromatic rings. The smallest absolute Gasteiger partial charge is 0.261 e. The monoisotopic (exact) mass is 641 g/mol. The van der Waals surface area contributed by atoms with Crippen LogP contribution in [0.2, 0.25) is 5.04 Å². The molecule has 0 fully saturated rings. The van der Waals surface area contributed by atoms with Crippen molar-refractivity contribution < 1.29 is 9.16 Å². The van der Waals surface area contributed by atoms with E-state index < -0.39 is 8.32 Å². The number of aromatic nitrogens is 4. The van der Waals surface area contributed by atoms with Gasteiger partial charge in [-0.25, -0.2) is 9.97 Å². The fraction of sp³-hybridized carbons (Fsp3) is 0.361. The van der Waals surface area contributed by atoms with Gasteiger partial charge in [0.1, 0.15) is 23.1 Å². The van der Waals surface area contributed by atoms with Gasteiger partial charge in [-0.15, -0.1) is 11.6 Å². The number of anilines is 1. The van der Waals surface area contributed by atoms with E-state index >= 15 is 0 Å². The number of halogens is 1. The van der Waals surface area contributed by atoms with E-state index in [4.69, 9.17) is 25.7 Å². The van der Waals surface area contributed by atoms with Crippen molar-refractivity contribution in [1.82, 2.24) is 19.7 Å². The molecule has 2 heterocycles. The van der Waals surface area contributed by atoms with Gasteiger partial charge in [0.25, 0.3) is 8.32 Å². The molecule has 0 saturated heterocycles. The normalized spacial score (nSPS) is 12.8. The average Bonchev–Trinajstić information content (AvgIpc) is 3.47. The van der Waals surface area contributed by atoms with E-state index in [1.807, 2.05) is 22.9 Å². The number of nitrogens with zero attached hydrogens (tertiary/aromatic N) is 4. The number of hydrogen-bond donors (Lipinski definition) is 1. The number of hydrogen-bond acceptors (Lipinski definition) is 6. The first-order valence-electron chi connectivity index (χ1n) is 15.7. The molecule has 236 valence electrons. The van der Waals surface area contributed by atoms with Crippen LogP contribution in [0.15, 0.2) is 91.4 Å². The Morgan fingerprint density at radius 2 is 1.62 bits per heavy atom. The van der Waals surface area contributed by atoms with Crippen LogP contribution in [-0.4, -0.2) is 47.8 Å². The van der Waals surface area contributed by atoms with Gasteiger partial charge in [-0.1, -0.05) is 107 Å². The predicted molar refractivity (Wildman–Crippen MR) is 187 cm³/mol. The van der Waals surface area contributed by atoms with Crippen molar-refractivity contribution in [3.63, 3.8) is 0 Å². The van der Waals surface area contributed by atoms with Crippen molar-refractivity contribution in [2.24, 2.45) is 0 Å². The third-order valence-corrected chi connectivity index (χ3v) is 13.8. The van der Waals surface area contributed by atoms with Crippen molar-refractivity contribution in [3.8, 4) is 5.75 Å². The third kappa shape index (κ3) is 7.08. The minimum atomic E-state index is -2.62. The molecule has 3 aromatic carbocycles. The molecule has 2 aromatic heterocycles. The molecule has 0 unspecified atom stereocenters. The molecule has 7 nitrogen and oxygen atoms in total. The Labute approximate surface area is 273 Å². The Balaban J connectivity index is 1.41. The SMILES string of the molecule is CCC[C@@H](CCO[Si](c1ccccc1)(c1ccccc1)C(C)(C)C)Nc1ncnc2cnn(Cc3ccc(CCl)cc3OC)c12. The van der Waals surface area contributed by atoms with Crippen LogP contribution in [-0.2, 0) is 16.9 Å². The van der Waals surface area contributed by atoms with E-state index in [1.165, 1.54) is 10.4 Å². The van der Waals surface area contributed by atoms with Crippen LogP contribution < -0.4 is 20.4 Å². The van der Waals surface area contributed by atoms with Gasteiger partial charge in [0.05, 0.1) is 19.9 Å². The second kappa shape index (κ2) is 14.6. The summed E-state index contributed by atoms with van der Waals surface area (Å²) in [5.41, 5.74) is 3.68. The molecular weight excluding hydrogens is 598 g/mol. The van der Waals surface area contributed by atoms with E-state index in [0.717, 1.165) is 53.0 Å². The van der Waals surface area contributed by atoms with E-state index in [0.29, 0.717) is 19.0 Å². The number of alkyl halides is 1. The van der Waals surface area contributed by atoms with Crippen LogP contribution in [0.25, 0.3) is 11.0 Å². The Bertz CT molecular complexity index is 1630. The number of methoxy groups -OCH3 is 1. The molecule has 0 aliphatic heterocycles. The third-order valence-electron chi connectivity index (χ3n) is 8.43. The molecule has 0 bridgehead atoms. The van der Waals surface area contributed by atoms with Crippen molar-refractivity contribution in [2.75, 3.05) is 19.0 Å². The van der Waals surface area contributed by atoms with Gasteiger partial charge in [-0.3, -0.25) is 4.68 Å². The second-order valence-corrected chi connectivity index (χ2v) is 17.0. The lowest BCUT2D eigenvalue weighted by Crippen LogP contribution is -2.66. The first kappa shape index (κ1) is 32.7. The van der Waals surface area contributed by atoms with E-state index in [9.17, 15) is 0 Å². The number of nitrogens with one attached hydrogen (secondary N) is 1. The highest BCUT2D eigenvalue weighted by Gasteiger charge is 2.50. The van der Waals surface area contributed by atoms with Crippen LogP contribution >= 0.6 is 11.6 Å². The van der Waals surface area contributed by atoms with Gasteiger partial charge in [0, 0.05) is 24.1 Å². The summed E-state index contributed by atoms with van der Waals surface area (Å²) in [5, 5.41) is 11.0. The summed E-state index contributed by atoms with van der Waals surface area (Å²) in [6.07, 6.45) is 6.26. The molecule has 0 spiro atoms. The Morgan fingerprint density at radius 3 is 2.22 bits per heavy atom. The summed E-state index contributed by atoms with van der Waals surface area (Å²) in [6, 6.07) is 27.8. The Kier molecular flexibility index (Phi) is 10.6. The summed E-state index contributed by atoms with van der Waals surface area (Å²) in [6.45, 7) is 10.3. The summed E-state index contributed by atoms with van der Waals surface area (Å²) in [4.78, 5) is 9.21. The van der Waals surface area contributed by atoms with E-state index in [-0.39, 0.29) is 11.1 Å². The van der Waals surface area contributed by atoms with Gasteiger partial charge in [0.2, 0.25) is 0 Å². The Morgan fingerprint density at radius 1 is 0.933 bits per heavy atom. The summed E-state index contributed by atoms with van der Waals surface area (Å²) < 4.78 is 14.8. The lowest BCUT2D eigenvalue weighted by Gasteiger charge is -2.43. The lowest BCUT2D eigenvalue weighted by molar-refractivity contribution is 0.281. The van der Waals surface area contributed by atoms with Crippen molar-refractivity contribution in [1.29, 1.82) is 0 Å². The van der Waals surface area contributed by atoms with Crippen LogP contribution in [0.4, 0.5) is 5.82 Å². The molecule has 1 N–H and O–H groups in total. The summed E-state index contributed by atoms with van der Waals surface area (Å²) in [5.74, 6) is 1.99. The zero-order chi connectivity index (χ0) is 31.9. The highest BCUT2D eigenvalue weighted by Crippen LogP contribution is 2.37. The zero-order valence-electron chi connectivity index (χ0n) is 27.0. The average molecular weight is 642 g/mol. The van der Waals surface area contributed by atoms with Gasteiger partial charge >= 0.3 is 0 Å². The predicted octanol–water partition coefficient (Wildman–Crippen LogP) is 7.17. The van der Waals surface area contributed by atoms with Gasteiger partial charge < -0.3 is 14.5 Å². The van der Waals surface area contributed by atoms with Gasteiger partial charge in [0.15, 0.2) is 5.82 Å². The fourth-order valence-electron chi connectivity index (χ4n) is 6.26. The first-order valence-corrected chi connectivity index (χ1v) is 18.1. The van der Waals surface area contributed by atoms with Gasteiger partial charge in [-0.05, 0) is 39.9 Å². The molecule has 0 radical (unpaired) electrons. The number of fused-ring (bicyclic) bond motifs is 1. The highest BCUT2D eigenvalue weighted by molar-refractivity contribution is 6.99. The van der Waals surface area contributed by atoms with Crippen LogP contribution in [0.5, 0.6) is 5.75 Å². The fourth-order valence-corrected chi connectivity index (χ4v) is 11.0. The molecule has 0 aliphatic carbocycles. The first-order chi connectivity index (χ1) is 21.8. The lowest BCUT2D eigenvalue weighted by atomic mass is 10.1. The quantitative estimate of drug-likeness (QED) is 0.102. The Hall–Kier alpha value is -3.72. The van der Waals surface area contributed by atoms with Gasteiger partial charge in [-0.2, -0.15) is 5.10 Å². The molecule has 0 amide bonds. The maximum absolute atomic E-state index is 7.23. The van der Waals surface area contributed by atoms with Crippen molar-refractivity contribution >= 4 is 47.1 Å². The van der Waals surface area contributed by atoms with Crippen LogP contribution in [0.1, 0.15) is 58.1 Å². The maximum atomic E-state index is 7.23. The van der Waals surface area contributed by atoms with E-state index in [2.05, 4.69) is 104 Å². The number of ether oxygens (including phenoxy) is 1. The van der Waals surface area contributed by atoms with Crippen LogP contribution in [0.3, 0.4) is 0 Å². The molecule has 1 atom stereocenters. The summed E-state index contributed by atoms with van der Waals surface area (Å²) >= 11 is 6.06. The number of rotatable bonds is 14. The minimum Gasteiger partial charge on any atom is -0.496 e. The van der Waals surface area contributed by atoms with Crippen molar-refractivity contribution in [2.45, 2.75) is 70.5 Å². The molecule has 0 aliphatic rings. The van der Waals surface area contributed by atoms with Crippen LogP contribution in [0, 0.1) is 0 Å². The molecule has 9 heteroatoms. The standard InChI is InChI=1S/C36H44ClN5O2Si/c1-6-13-29(20-21-44-45(36(2,3)4,30-14-9-7-10-15-30)31-16-11-8-12-17-31)41-35-34-32(38-26-39-35)24-40-42(34)25-28-19-18-27(23-37)22-33(28)43-5/h7-12,14-19,22,24,26,29H,6,13,20-21,23,25H2,1-5H3,(H,38,39,41)/t29-/m0/s1. The molecular formula is C36H44ClN5O2Si. The molecule has 5 rings (SSSR count). The van der Waals surface area contributed by atoms with Crippen molar-refractivity contribution in [3.05, 3.63) is 103 Å². The highest BCUT2D eigenvalue weighted by atomic mass is 35.5. The summed E-state index contributed by atoms with van der Waals surface area (Å²) in [7, 11) is -0.941. The molecule has 0 saturated carbocycles. The second-order valence-electron chi connectivity index (χ2n) is 12.5. The number of benzene rings is 3.